The molecular formula is C16H19N3O. The molecule has 1 fully saturated rings. The molecular weight excluding hydrogens is 250 g/mol. The molecule has 0 saturated heterocycles. The third kappa shape index (κ3) is 3.07. The van der Waals surface area contributed by atoms with Crippen molar-refractivity contribution in [1.29, 1.82) is 0 Å². The van der Waals surface area contributed by atoms with E-state index in [1.165, 1.54) is 12.8 Å². The molecule has 0 unspecified atom stereocenters. The molecule has 1 N–H and O–H groups in total. The lowest BCUT2D eigenvalue weighted by molar-refractivity contribution is 0.303. The van der Waals surface area contributed by atoms with E-state index in [0.717, 1.165) is 35.2 Å². The van der Waals surface area contributed by atoms with Crippen LogP contribution in [0.25, 0.3) is 11.3 Å². The number of nitrogens with one attached hydrogen (secondary N) is 1. The first kappa shape index (κ1) is 12.9. The number of hydrogen-bond acceptors (Lipinski definition) is 4. The van der Waals surface area contributed by atoms with Crippen LogP contribution in [0, 0.1) is 6.92 Å². The van der Waals surface area contributed by atoms with Crippen LogP contribution < -0.4 is 10.1 Å². The van der Waals surface area contributed by atoms with Crippen LogP contribution in [-0.4, -0.2) is 22.6 Å². The number of aromatic nitrogens is 2. The van der Waals surface area contributed by atoms with Gasteiger partial charge in [0.2, 0.25) is 0 Å². The van der Waals surface area contributed by atoms with E-state index >= 15 is 0 Å². The maximum Gasteiger partial charge on any atom is 0.130 e. The third-order valence-corrected chi connectivity index (χ3v) is 3.15. The number of ether oxygens (including phenoxy) is 1. The number of rotatable bonds is 5. The van der Waals surface area contributed by atoms with Crippen molar-refractivity contribution in [3.63, 3.8) is 0 Å². The van der Waals surface area contributed by atoms with Crippen LogP contribution in [-0.2, 0) is 0 Å². The highest BCUT2D eigenvalue weighted by atomic mass is 16.5. The number of nitrogens with zero attached hydrogens (tertiary/aromatic N) is 2. The second-order valence-corrected chi connectivity index (χ2v) is 5.06. The molecule has 2 aromatic rings. The van der Waals surface area contributed by atoms with E-state index in [2.05, 4.69) is 34.3 Å². The van der Waals surface area contributed by atoms with E-state index in [1.807, 2.05) is 25.1 Å². The van der Waals surface area contributed by atoms with Gasteiger partial charge in [0, 0.05) is 18.2 Å². The van der Waals surface area contributed by atoms with Gasteiger partial charge in [0.15, 0.2) is 0 Å². The zero-order chi connectivity index (χ0) is 13.9. The molecule has 0 aliphatic heterocycles. The van der Waals surface area contributed by atoms with Crippen molar-refractivity contribution in [2.24, 2.45) is 0 Å². The van der Waals surface area contributed by atoms with Gasteiger partial charge in [-0.2, -0.15) is 0 Å². The lowest BCUT2D eigenvalue weighted by Gasteiger charge is -2.09. The average molecular weight is 269 g/mol. The van der Waals surface area contributed by atoms with E-state index < -0.39 is 0 Å². The predicted octanol–water partition coefficient (Wildman–Crippen LogP) is 3.43. The first-order chi connectivity index (χ1) is 9.74. The molecule has 20 heavy (non-hydrogen) atoms. The lowest BCUT2D eigenvalue weighted by atomic mass is 10.1. The number of aryl methyl sites for hydroxylation is 1. The summed E-state index contributed by atoms with van der Waals surface area (Å²) in [5.41, 5.74) is 1.99. The quantitative estimate of drug-likeness (QED) is 0.903. The summed E-state index contributed by atoms with van der Waals surface area (Å²) in [6.45, 7) is 4.82. The molecule has 1 aromatic carbocycles. The molecule has 0 amide bonds. The Morgan fingerprint density at radius 1 is 1.25 bits per heavy atom. The molecule has 1 saturated carbocycles. The fraction of sp³-hybridized carbons (Fsp3) is 0.375. The third-order valence-electron chi connectivity index (χ3n) is 3.15. The smallest absolute Gasteiger partial charge is 0.130 e. The van der Waals surface area contributed by atoms with Gasteiger partial charge in [0.05, 0.1) is 11.8 Å². The zero-order valence-corrected chi connectivity index (χ0v) is 11.9. The van der Waals surface area contributed by atoms with E-state index in [-0.39, 0.29) is 0 Å². The molecule has 0 radical (unpaired) electrons. The summed E-state index contributed by atoms with van der Waals surface area (Å²) in [6, 6.07) is 10.1. The molecule has 1 aliphatic rings. The first-order valence-corrected chi connectivity index (χ1v) is 7.11. The summed E-state index contributed by atoms with van der Waals surface area (Å²) in [5.74, 6) is 2.56. The van der Waals surface area contributed by atoms with Crippen molar-refractivity contribution in [2.45, 2.75) is 32.8 Å². The topological polar surface area (TPSA) is 47.0 Å². The average Bonchev–Trinajstić information content (AvgIpc) is 3.23. The molecule has 4 heteroatoms. The lowest BCUT2D eigenvalue weighted by Crippen LogP contribution is -2.02. The van der Waals surface area contributed by atoms with Gasteiger partial charge in [-0.15, -0.1) is 0 Å². The van der Waals surface area contributed by atoms with Crippen LogP contribution in [0.15, 0.2) is 30.3 Å². The number of hydrogen-bond donors (Lipinski definition) is 1. The maximum atomic E-state index is 5.84. The molecule has 3 rings (SSSR count). The van der Waals surface area contributed by atoms with Crippen molar-refractivity contribution in [2.75, 3.05) is 11.9 Å². The van der Waals surface area contributed by atoms with Crippen molar-refractivity contribution in [1.82, 2.24) is 9.97 Å². The second kappa shape index (κ2) is 5.49. The Morgan fingerprint density at radius 3 is 2.85 bits per heavy atom. The van der Waals surface area contributed by atoms with Crippen molar-refractivity contribution in [3.05, 3.63) is 36.2 Å². The van der Waals surface area contributed by atoms with Gasteiger partial charge in [-0.05, 0) is 38.8 Å². The highest BCUT2D eigenvalue weighted by Gasteiger charge is 2.23. The number of anilines is 1. The Morgan fingerprint density at radius 2 is 2.10 bits per heavy atom. The molecule has 1 aliphatic carbocycles. The van der Waals surface area contributed by atoms with Gasteiger partial charge >= 0.3 is 0 Å². The Labute approximate surface area is 119 Å². The Hall–Kier alpha value is -2.10. The second-order valence-electron chi connectivity index (χ2n) is 5.06. The van der Waals surface area contributed by atoms with Crippen molar-refractivity contribution < 1.29 is 4.74 Å². The van der Waals surface area contributed by atoms with Gasteiger partial charge < -0.3 is 10.1 Å². The Bertz CT molecular complexity index is 608. The normalized spacial score (nSPS) is 14.1. The van der Waals surface area contributed by atoms with Gasteiger partial charge in [-0.25, -0.2) is 9.97 Å². The Kier molecular flexibility index (Phi) is 3.54. The molecule has 1 aromatic heterocycles. The van der Waals surface area contributed by atoms with E-state index in [4.69, 9.17) is 4.74 Å². The summed E-state index contributed by atoms with van der Waals surface area (Å²) in [5, 5.41) is 3.23. The highest BCUT2D eigenvalue weighted by Crippen LogP contribution is 2.29. The van der Waals surface area contributed by atoms with Crippen LogP contribution in [0.1, 0.15) is 25.6 Å². The minimum atomic E-state index is 0.412. The van der Waals surface area contributed by atoms with Crippen LogP contribution in [0.3, 0.4) is 0 Å². The predicted molar refractivity (Wildman–Crippen MR) is 80.0 cm³/mol. The van der Waals surface area contributed by atoms with Gasteiger partial charge in [-0.3, -0.25) is 0 Å². The molecule has 104 valence electrons. The molecule has 0 spiro atoms. The maximum absolute atomic E-state index is 5.84. The summed E-state index contributed by atoms with van der Waals surface area (Å²) in [4.78, 5) is 8.89. The standard InChI is InChI=1S/C16H19N3O/c1-3-17-16-10-15(18-11(2)19-16)12-5-4-6-14(9-12)20-13-7-8-13/h4-6,9-10,13H,3,7-8H2,1-2H3,(H,17,18,19). The zero-order valence-electron chi connectivity index (χ0n) is 11.9. The SMILES string of the molecule is CCNc1cc(-c2cccc(OC3CC3)c2)nc(C)n1. The minimum Gasteiger partial charge on any atom is -0.490 e. The number of benzene rings is 1. The van der Waals surface area contributed by atoms with E-state index in [1.54, 1.807) is 0 Å². The van der Waals surface area contributed by atoms with E-state index in [0.29, 0.717) is 6.10 Å². The summed E-state index contributed by atoms with van der Waals surface area (Å²) in [7, 11) is 0. The van der Waals surface area contributed by atoms with Crippen LogP contribution in [0.4, 0.5) is 5.82 Å². The van der Waals surface area contributed by atoms with Crippen LogP contribution in [0.5, 0.6) is 5.75 Å². The van der Waals surface area contributed by atoms with Gasteiger partial charge in [0.25, 0.3) is 0 Å². The fourth-order valence-corrected chi connectivity index (χ4v) is 2.09. The van der Waals surface area contributed by atoms with E-state index in [9.17, 15) is 0 Å². The Balaban J connectivity index is 1.90. The molecule has 1 heterocycles. The largest absolute Gasteiger partial charge is 0.490 e. The molecule has 0 atom stereocenters. The van der Waals surface area contributed by atoms with Gasteiger partial charge in [0.1, 0.15) is 17.4 Å². The summed E-state index contributed by atoms with van der Waals surface area (Å²) in [6.07, 6.45) is 2.75. The molecule has 0 bridgehead atoms. The summed E-state index contributed by atoms with van der Waals surface area (Å²) < 4.78 is 5.84. The monoisotopic (exact) mass is 269 g/mol. The fourth-order valence-electron chi connectivity index (χ4n) is 2.09. The minimum absolute atomic E-state index is 0.412. The first-order valence-electron chi connectivity index (χ1n) is 7.11. The van der Waals surface area contributed by atoms with Crippen molar-refractivity contribution in [3.8, 4) is 17.0 Å². The highest BCUT2D eigenvalue weighted by molar-refractivity contribution is 5.64. The summed E-state index contributed by atoms with van der Waals surface area (Å²) >= 11 is 0. The van der Waals surface area contributed by atoms with Crippen LogP contribution in [0.2, 0.25) is 0 Å². The van der Waals surface area contributed by atoms with Crippen LogP contribution >= 0.6 is 0 Å². The van der Waals surface area contributed by atoms with Gasteiger partial charge in [-0.1, -0.05) is 12.1 Å². The molecule has 4 nitrogen and oxygen atoms in total. The van der Waals surface area contributed by atoms with Crippen molar-refractivity contribution >= 4 is 5.82 Å².